The number of hydrogen-bond acceptors (Lipinski definition) is 2. The summed E-state index contributed by atoms with van der Waals surface area (Å²) < 4.78 is 0. The van der Waals surface area contributed by atoms with Crippen LogP contribution in [0, 0.1) is 0 Å². The fourth-order valence-corrected chi connectivity index (χ4v) is 0.582. The molecule has 0 spiro atoms. The molecule has 1 saturated heterocycles. The summed E-state index contributed by atoms with van der Waals surface area (Å²) in [5.41, 5.74) is 0. The molecule has 0 aromatic heterocycles. The Morgan fingerprint density at radius 2 is 1.57 bits per heavy atom. The summed E-state index contributed by atoms with van der Waals surface area (Å²) in [7, 11) is 0. The Labute approximate surface area is 42.0 Å². The van der Waals surface area contributed by atoms with E-state index in [0.29, 0.717) is 13.1 Å². The third-order valence-corrected chi connectivity index (χ3v) is 1.08. The van der Waals surface area contributed by atoms with Gasteiger partial charge in [0.05, 0.1) is 12.2 Å². The van der Waals surface area contributed by atoms with Crippen LogP contribution in [0.5, 0.6) is 0 Å². The van der Waals surface area contributed by atoms with Crippen LogP contribution in [0.4, 0.5) is 0 Å². The molecular formula is C4H8NO2. The number of aliphatic hydroxyl groups excluding tert-OH is 2. The highest BCUT2D eigenvalue weighted by Gasteiger charge is 2.22. The van der Waals surface area contributed by atoms with Gasteiger partial charge in [-0.05, 0) is 0 Å². The van der Waals surface area contributed by atoms with Crippen molar-refractivity contribution in [3.8, 4) is 0 Å². The van der Waals surface area contributed by atoms with Crippen LogP contribution in [0.25, 0.3) is 0 Å². The van der Waals surface area contributed by atoms with Crippen LogP contribution in [0.2, 0.25) is 0 Å². The van der Waals surface area contributed by atoms with Crippen molar-refractivity contribution >= 4 is 0 Å². The van der Waals surface area contributed by atoms with Gasteiger partial charge in [-0.15, -0.1) is 0 Å². The van der Waals surface area contributed by atoms with Crippen LogP contribution >= 0.6 is 0 Å². The molecule has 2 N–H and O–H groups in total. The van der Waals surface area contributed by atoms with Gasteiger partial charge in [0, 0.05) is 13.1 Å². The molecule has 1 rings (SSSR count). The van der Waals surface area contributed by atoms with E-state index >= 15 is 0 Å². The number of aliphatic hydroxyl groups is 2. The summed E-state index contributed by atoms with van der Waals surface area (Å²) >= 11 is 0. The summed E-state index contributed by atoms with van der Waals surface area (Å²) in [6.07, 6.45) is -1.19. The third-order valence-electron chi connectivity index (χ3n) is 1.08. The van der Waals surface area contributed by atoms with E-state index in [1.54, 1.807) is 0 Å². The normalized spacial score (nSPS) is 42.0. The van der Waals surface area contributed by atoms with Gasteiger partial charge in [0.1, 0.15) is 0 Å². The molecule has 0 unspecified atom stereocenters. The van der Waals surface area contributed by atoms with Gasteiger partial charge in [0.15, 0.2) is 0 Å². The average Bonchev–Trinajstić information content (AvgIpc) is 1.91. The van der Waals surface area contributed by atoms with Gasteiger partial charge in [0.2, 0.25) is 0 Å². The van der Waals surface area contributed by atoms with Gasteiger partial charge in [-0.3, -0.25) is 0 Å². The molecule has 41 valence electrons. The number of nitrogens with zero attached hydrogens (tertiary/aromatic N) is 1. The Bertz CT molecular complexity index is 58.7. The summed E-state index contributed by atoms with van der Waals surface area (Å²) in [5, 5.41) is 21.1. The fourth-order valence-electron chi connectivity index (χ4n) is 0.582. The SMILES string of the molecule is O[C@@H]1C[N]C[C@@H]1O. The smallest absolute Gasteiger partial charge is 0.0952 e. The first kappa shape index (κ1) is 5.03. The minimum absolute atomic E-state index is 0.404. The number of hydrogen-bond donors (Lipinski definition) is 2. The molecular weight excluding hydrogens is 94.0 g/mol. The number of rotatable bonds is 0. The molecule has 0 aliphatic carbocycles. The highest BCUT2D eigenvalue weighted by atomic mass is 16.3. The zero-order valence-corrected chi connectivity index (χ0v) is 3.91. The lowest BCUT2D eigenvalue weighted by Crippen LogP contribution is -2.22. The highest BCUT2D eigenvalue weighted by Crippen LogP contribution is 1.98. The first-order chi connectivity index (χ1) is 3.30. The van der Waals surface area contributed by atoms with E-state index in [-0.39, 0.29) is 0 Å². The van der Waals surface area contributed by atoms with Crippen molar-refractivity contribution in [2.24, 2.45) is 0 Å². The fraction of sp³-hybridized carbons (Fsp3) is 1.00. The van der Waals surface area contributed by atoms with Gasteiger partial charge < -0.3 is 10.2 Å². The Balaban J connectivity index is 2.33. The van der Waals surface area contributed by atoms with Gasteiger partial charge in [-0.1, -0.05) is 0 Å². The van der Waals surface area contributed by atoms with Crippen molar-refractivity contribution < 1.29 is 10.2 Å². The van der Waals surface area contributed by atoms with Crippen molar-refractivity contribution in [3.63, 3.8) is 0 Å². The van der Waals surface area contributed by atoms with E-state index in [4.69, 9.17) is 10.2 Å². The van der Waals surface area contributed by atoms with Crippen molar-refractivity contribution in [1.82, 2.24) is 5.32 Å². The van der Waals surface area contributed by atoms with E-state index in [2.05, 4.69) is 5.32 Å². The summed E-state index contributed by atoms with van der Waals surface area (Å²) in [5.74, 6) is 0. The van der Waals surface area contributed by atoms with Gasteiger partial charge in [-0.2, -0.15) is 0 Å². The molecule has 0 amide bonds. The molecule has 1 radical (unpaired) electrons. The average molecular weight is 102 g/mol. The van der Waals surface area contributed by atoms with E-state index in [1.165, 1.54) is 0 Å². The van der Waals surface area contributed by atoms with E-state index in [1.807, 2.05) is 0 Å². The Kier molecular flexibility index (Phi) is 1.27. The molecule has 0 bridgehead atoms. The lowest BCUT2D eigenvalue weighted by molar-refractivity contribution is 0.0572. The largest absolute Gasteiger partial charge is 0.389 e. The lowest BCUT2D eigenvalue weighted by Gasteiger charge is -2.01. The Morgan fingerprint density at radius 3 is 1.71 bits per heavy atom. The maximum absolute atomic E-state index is 8.65. The van der Waals surface area contributed by atoms with Crippen LogP contribution < -0.4 is 5.32 Å². The monoisotopic (exact) mass is 102 g/mol. The van der Waals surface area contributed by atoms with Crippen LogP contribution in [0.1, 0.15) is 0 Å². The van der Waals surface area contributed by atoms with Crippen molar-refractivity contribution in [1.29, 1.82) is 0 Å². The van der Waals surface area contributed by atoms with Crippen LogP contribution in [0.15, 0.2) is 0 Å². The van der Waals surface area contributed by atoms with Crippen molar-refractivity contribution in [2.75, 3.05) is 13.1 Å². The molecule has 0 saturated carbocycles. The topological polar surface area (TPSA) is 54.6 Å². The standard InChI is InChI=1S/C4H8NO2/c6-3-1-5-2-4(3)7/h3-4,6-7H,1-2H2/t3-,4+. The van der Waals surface area contributed by atoms with Crippen LogP contribution in [-0.4, -0.2) is 35.5 Å². The lowest BCUT2D eigenvalue weighted by atomic mass is 10.3. The maximum atomic E-state index is 8.65. The molecule has 1 aliphatic heterocycles. The second-order valence-electron chi connectivity index (χ2n) is 1.72. The van der Waals surface area contributed by atoms with E-state index in [9.17, 15) is 0 Å². The first-order valence-corrected chi connectivity index (χ1v) is 2.30. The zero-order chi connectivity index (χ0) is 5.28. The molecule has 0 aromatic carbocycles. The molecule has 0 aromatic rings. The predicted octanol–water partition coefficient (Wildman–Crippen LogP) is -1.67. The highest BCUT2D eigenvalue weighted by molar-refractivity contribution is 4.78. The Morgan fingerprint density at radius 1 is 1.14 bits per heavy atom. The summed E-state index contributed by atoms with van der Waals surface area (Å²) in [6, 6.07) is 0. The molecule has 1 fully saturated rings. The van der Waals surface area contributed by atoms with Crippen molar-refractivity contribution in [3.05, 3.63) is 0 Å². The van der Waals surface area contributed by atoms with Gasteiger partial charge in [0.25, 0.3) is 0 Å². The quantitative estimate of drug-likeness (QED) is 0.384. The maximum Gasteiger partial charge on any atom is 0.0952 e. The molecule has 2 atom stereocenters. The molecule has 3 nitrogen and oxygen atoms in total. The van der Waals surface area contributed by atoms with E-state index in [0.717, 1.165) is 0 Å². The molecule has 7 heavy (non-hydrogen) atoms. The second-order valence-corrected chi connectivity index (χ2v) is 1.72. The molecule has 1 aliphatic rings. The minimum Gasteiger partial charge on any atom is -0.389 e. The minimum atomic E-state index is -0.597. The predicted molar refractivity (Wildman–Crippen MR) is 23.9 cm³/mol. The third kappa shape index (κ3) is 0.907. The van der Waals surface area contributed by atoms with E-state index < -0.39 is 12.2 Å². The first-order valence-electron chi connectivity index (χ1n) is 2.30. The summed E-state index contributed by atoms with van der Waals surface area (Å²) in [6.45, 7) is 0.808. The molecule has 1 heterocycles. The van der Waals surface area contributed by atoms with Gasteiger partial charge in [-0.25, -0.2) is 5.32 Å². The van der Waals surface area contributed by atoms with Crippen molar-refractivity contribution in [2.45, 2.75) is 12.2 Å². The Hall–Kier alpha value is -0.120. The molecule has 3 heteroatoms. The second kappa shape index (κ2) is 1.78. The van der Waals surface area contributed by atoms with Crippen LogP contribution in [-0.2, 0) is 0 Å². The van der Waals surface area contributed by atoms with Crippen LogP contribution in [0.3, 0.4) is 0 Å². The van der Waals surface area contributed by atoms with Gasteiger partial charge >= 0.3 is 0 Å². The summed E-state index contributed by atoms with van der Waals surface area (Å²) in [4.78, 5) is 0. The zero-order valence-electron chi connectivity index (χ0n) is 3.91.